The van der Waals surface area contributed by atoms with E-state index >= 15 is 0 Å². The summed E-state index contributed by atoms with van der Waals surface area (Å²) in [6.07, 6.45) is 0. The zero-order valence-electron chi connectivity index (χ0n) is 13.4. The van der Waals surface area contributed by atoms with Crippen molar-refractivity contribution in [3.05, 3.63) is 65.5 Å². The Morgan fingerprint density at radius 3 is 2.45 bits per heavy atom. The first-order valence-electron chi connectivity index (χ1n) is 7.47. The van der Waals surface area contributed by atoms with Crippen LogP contribution in [-0.2, 0) is 5.41 Å². The first-order chi connectivity index (χ1) is 10.4. The molecule has 0 unspecified atom stereocenters. The van der Waals surface area contributed by atoms with E-state index in [1.807, 2.05) is 55.5 Å². The first-order valence-corrected chi connectivity index (χ1v) is 7.47. The van der Waals surface area contributed by atoms with E-state index in [0.29, 0.717) is 5.56 Å². The fourth-order valence-corrected chi connectivity index (χ4v) is 2.64. The Balaban J connectivity index is 2.27. The molecule has 0 radical (unpaired) electrons. The summed E-state index contributed by atoms with van der Waals surface area (Å²) < 4.78 is 1.75. The molecule has 0 bridgehead atoms. The number of benzene rings is 2. The second-order valence-corrected chi connectivity index (χ2v) is 6.68. The molecule has 3 heteroatoms. The van der Waals surface area contributed by atoms with Crippen LogP contribution < -0.4 is 0 Å². The van der Waals surface area contributed by atoms with Gasteiger partial charge in [0.2, 0.25) is 0 Å². The summed E-state index contributed by atoms with van der Waals surface area (Å²) in [5.74, 6) is 0.766. The van der Waals surface area contributed by atoms with Crippen LogP contribution in [0.5, 0.6) is 0 Å². The van der Waals surface area contributed by atoms with Crippen molar-refractivity contribution in [3.63, 3.8) is 0 Å². The molecule has 0 saturated carbocycles. The molecule has 0 aliphatic heterocycles. The zero-order chi connectivity index (χ0) is 15.9. The molecule has 0 fully saturated rings. The highest BCUT2D eigenvalue weighted by Crippen LogP contribution is 2.27. The molecular formula is C19H20N2O. The fourth-order valence-electron chi connectivity index (χ4n) is 2.64. The summed E-state index contributed by atoms with van der Waals surface area (Å²) in [4.78, 5) is 17.8. The van der Waals surface area contributed by atoms with Gasteiger partial charge in [-0.3, -0.25) is 9.36 Å². The van der Waals surface area contributed by atoms with E-state index in [-0.39, 0.29) is 11.3 Å². The van der Waals surface area contributed by atoms with Crippen LogP contribution in [0.25, 0.3) is 11.0 Å². The summed E-state index contributed by atoms with van der Waals surface area (Å²) >= 11 is 0. The van der Waals surface area contributed by atoms with Crippen molar-refractivity contribution in [1.29, 1.82) is 0 Å². The quantitative estimate of drug-likeness (QED) is 0.669. The van der Waals surface area contributed by atoms with Gasteiger partial charge in [0.15, 0.2) is 0 Å². The lowest BCUT2D eigenvalue weighted by molar-refractivity contribution is 0.0957. The zero-order valence-corrected chi connectivity index (χ0v) is 13.4. The number of aromatic nitrogens is 2. The number of imidazole rings is 1. The van der Waals surface area contributed by atoms with Crippen LogP contribution in [0.3, 0.4) is 0 Å². The highest BCUT2D eigenvalue weighted by atomic mass is 16.2. The predicted octanol–water partition coefficient (Wildman–Crippen LogP) is 4.33. The second kappa shape index (κ2) is 5.09. The number of hydrogen-bond acceptors (Lipinski definition) is 2. The summed E-state index contributed by atoms with van der Waals surface area (Å²) in [5.41, 5.74) is 3.27. The largest absolute Gasteiger partial charge is 0.268 e. The maximum absolute atomic E-state index is 13.1. The highest BCUT2D eigenvalue weighted by Gasteiger charge is 2.26. The van der Waals surface area contributed by atoms with Crippen LogP contribution in [0.15, 0.2) is 48.5 Å². The molecule has 0 spiro atoms. The third-order valence-corrected chi connectivity index (χ3v) is 3.70. The monoisotopic (exact) mass is 292 g/mol. The molecule has 0 aliphatic carbocycles. The fraction of sp³-hybridized carbons (Fsp3) is 0.263. The van der Waals surface area contributed by atoms with Gasteiger partial charge in [-0.2, -0.15) is 0 Å². The lowest BCUT2D eigenvalue weighted by Crippen LogP contribution is -2.24. The number of carbonyl (C=O) groups excluding carboxylic acids is 1. The Morgan fingerprint density at radius 1 is 1.05 bits per heavy atom. The van der Waals surface area contributed by atoms with Crippen molar-refractivity contribution >= 4 is 16.9 Å². The third kappa shape index (κ3) is 2.43. The van der Waals surface area contributed by atoms with Crippen molar-refractivity contribution in [3.8, 4) is 0 Å². The van der Waals surface area contributed by atoms with Crippen molar-refractivity contribution < 1.29 is 4.79 Å². The van der Waals surface area contributed by atoms with E-state index in [1.54, 1.807) is 4.57 Å². The molecule has 112 valence electrons. The van der Waals surface area contributed by atoms with E-state index in [2.05, 4.69) is 20.8 Å². The van der Waals surface area contributed by atoms with Crippen LogP contribution in [0.4, 0.5) is 0 Å². The predicted molar refractivity (Wildman–Crippen MR) is 89.3 cm³/mol. The van der Waals surface area contributed by atoms with E-state index in [1.165, 1.54) is 0 Å². The van der Waals surface area contributed by atoms with Crippen LogP contribution >= 0.6 is 0 Å². The van der Waals surface area contributed by atoms with Gasteiger partial charge in [-0.15, -0.1) is 0 Å². The van der Waals surface area contributed by atoms with Gasteiger partial charge in [0.1, 0.15) is 5.82 Å². The number of para-hydroxylation sites is 2. The molecule has 3 aromatic rings. The molecule has 0 N–H and O–H groups in total. The summed E-state index contributed by atoms with van der Waals surface area (Å²) in [5, 5.41) is 0. The van der Waals surface area contributed by atoms with Crippen LogP contribution in [0.2, 0.25) is 0 Å². The number of hydrogen-bond donors (Lipinski definition) is 0. The van der Waals surface area contributed by atoms with Gasteiger partial charge in [-0.05, 0) is 31.2 Å². The van der Waals surface area contributed by atoms with E-state index in [9.17, 15) is 4.79 Å². The highest BCUT2D eigenvalue weighted by molar-refractivity contribution is 6.02. The Hall–Kier alpha value is -2.42. The van der Waals surface area contributed by atoms with Crippen LogP contribution in [0.1, 0.15) is 42.5 Å². The maximum atomic E-state index is 13.1. The minimum atomic E-state index is -0.210. The first kappa shape index (κ1) is 14.5. The minimum absolute atomic E-state index is 0.0256. The van der Waals surface area contributed by atoms with Gasteiger partial charge in [-0.1, -0.05) is 50.6 Å². The van der Waals surface area contributed by atoms with E-state index < -0.39 is 0 Å². The standard InChI is InChI=1S/C19H20N2O/c1-13-8-7-9-14(12-13)17(22)21-16-11-6-5-10-15(16)20-18(21)19(2,3)4/h5-12H,1-4H3. The van der Waals surface area contributed by atoms with Crippen LogP contribution in [0, 0.1) is 6.92 Å². The molecular weight excluding hydrogens is 272 g/mol. The maximum Gasteiger partial charge on any atom is 0.263 e. The van der Waals surface area contributed by atoms with Crippen molar-refractivity contribution in [2.45, 2.75) is 33.1 Å². The van der Waals surface area contributed by atoms with Crippen molar-refractivity contribution in [2.75, 3.05) is 0 Å². The summed E-state index contributed by atoms with van der Waals surface area (Å²) in [7, 11) is 0. The molecule has 0 saturated heterocycles. The summed E-state index contributed by atoms with van der Waals surface area (Å²) in [6, 6.07) is 15.5. The van der Waals surface area contributed by atoms with Gasteiger partial charge in [0, 0.05) is 11.0 Å². The number of rotatable bonds is 1. The molecule has 1 heterocycles. The lowest BCUT2D eigenvalue weighted by atomic mass is 9.95. The SMILES string of the molecule is Cc1cccc(C(=O)n2c(C(C)(C)C)nc3ccccc32)c1. The molecule has 3 nitrogen and oxygen atoms in total. The molecule has 0 atom stereocenters. The number of nitrogens with zero attached hydrogens (tertiary/aromatic N) is 2. The van der Waals surface area contributed by atoms with Gasteiger partial charge in [-0.25, -0.2) is 4.98 Å². The molecule has 1 aromatic heterocycles. The van der Waals surface area contributed by atoms with Gasteiger partial charge >= 0.3 is 0 Å². The van der Waals surface area contributed by atoms with Gasteiger partial charge in [0.25, 0.3) is 5.91 Å². The Kier molecular flexibility index (Phi) is 3.36. The molecule has 3 rings (SSSR count). The van der Waals surface area contributed by atoms with Crippen molar-refractivity contribution in [1.82, 2.24) is 9.55 Å². The topological polar surface area (TPSA) is 34.9 Å². The van der Waals surface area contributed by atoms with E-state index in [0.717, 1.165) is 22.4 Å². The number of fused-ring (bicyclic) bond motifs is 1. The smallest absolute Gasteiger partial charge is 0.263 e. The van der Waals surface area contributed by atoms with E-state index in [4.69, 9.17) is 4.98 Å². The van der Waals surface area contributed by atoms with Crippen molar-refractivity contribution in [2.24, 2.45) is 0 Å². The molecule has 0 amide bonds. The normalized spacial score (nSPS) is 11.8. The second-order valence-electron chi connectivity index (χ2n) is 6.68. The lowest BCUT2D eigenvalue weighted by Gasteiger charge is -2.19. The molecule has 0 aliphatic rings. The van der Waals surface area contributed by atoms with Crippen LogP contribution in [-0.4, -0.2) is 15.5 Å². The Labute approximate surface area is 130 Å². The summed E-state index contributed by atoms with van der Waals surface area (Å²) in [6.45, 7) is 8.23. The molecule has 2 aromatic carbocycles. The minimum Gasteiger partial charge on any atom is -0.268 e. The van der Waals surface area contributed by atoms with Gasteiger partial charge in [0.05, 0.1) is 11.0 Å². The average Bonchev–Trinajstić information content (AvgIpc) is 2.86. The average molecular weight is 292 g/mol. The third-order valence-electron chi connectivity index (χ3n) is 3.70. The Morgan fingerprint density at radius 2 is 1.77 bits per heavy atom. The number of carbonyl (C=O) groups is 1. The Bertz CT molecular complexity index is 853. The molecule has 22 heavy (non-hydrogen) atoms. The van der Waals surface area contributed by atoms with Gasteiger partial charge < -0.3 is 0 Å². The number of aryl methyl sites for hydroxylation is 1.